The molecule has 18 heavy (non-hydrogen) atoms. The number of hydrogen-bond acceptors (Lipinski definition) is 5. The Hall–Kier alpha value is -0.950. The van der Waals surface area contributed by atoms with Crippen molar-refractivity contribution in [3.05, 3.63) is 11.9 Å². The smallest absolute Gasteiger partial charge is 0.154 e. The molecule has 1 heterocycles. The molecule has 7 heteroatoms. The van der Waals surface area contributed by atoms with Crippen LogP contribution in [0, 0.1) is 0 Å². The van der Waals surface area contributed by atoms with Crippen LogP contribution in [0.2, 0.25) is 0 Å². The van der Waals surface area contributed by atoms with Gasteiger partial charge in [0.15, 0.2) is 9.84 Å². The highest BCUT2D eigenvalue weighted by atomic mass is 32.2. The molecule has 0 aliphatic carbocycles. The summed E-state index contributed by atoms with van der Waals surface area (Å²) in [6.45, 7) is 6.20. The molecule has 0 aliphatic rings. The monoisotopic (exact) mass is 274 g/mol. The molecular weight excluding hydrogens is 252 g/mol. The normalized spacial score (nSPS) is 14.7. The molecule has 0 aromatic carbocycles. The van der Waals surface area contributed by atoms with Crippen molar-refractivity contribution in [2.24, 2.45) is 0 Å². The lowest BCUT2D eigenvalue weighted by molar-refractivity contribution is 0.411. The summed E-state index contributed by atoms with van der Waals surface area (Å²) in [6, 6.07) is -0.339. The van der Waals surface area contributed by atoms with Crippen LogP contribution in [0.3, 0.4) is 0 Å². The van der Waals surface area contributed by atoms with E-state index < -0.39 is 14.6 Å². The van der Waals surface area contributed by atoms with E-state index in [1.807, 2.05) is 6.92 Å². The summed E-state index contributed by atoms with van der Waals surface area (Å²) in [7, 11) is -1.45. The van der Waals surface area contributed by atoms with Crippen LogP contribution in [0.4, 0.5) is 0 Å². The fraction of sp³-hybridized carbons (Fsp3) is 0.818. The van der Waals surface area contributed by atoms with E-state index in [0.29, 0.717) is 0 Å². The first kappa shape index (κ1) is 15.1. The zero-order valence-corrected chi connectivity index (χ0v) is 12.5. The lowest BCUT2D eigenvalue weighted by atomic mass is 10.0. The Kier molecular flexibility index (Phi) is 4.50. The number of nitrogens with one attached hydrogen (secondary N) is 1. The molecule has 0 amide bonds. The predicted molar refractivity (Wildman–Crippen MR) is 71.0 cm³/mol. The lowest BCUT2D eigenvalue weighted by Gasteiger charge is -2.32. The maximum atomic E-state index is 11.9. The molecule has 1 aromatic heterocycles. The van der Waals surface area contributed by atoms with E-state index in [1.54, 1.807) is 31.8 Å². The fourth-order valence-electron chi connectivity index (χ4n) is 1.94. The van der Waals surface area contributed by atoms with Crippen molar-refractivity contribution in [2.45, 2.75) is 44.5 Å². The average molecular weight is 274 g/mol. The number of nitrogens with zero attached hydrogens (tertiary/aromatic N) is 3. The third kappa shape index (κ3) is 2.72. The van der Waals surface area contributed by atoms with Crippen LogP contribution in [0.25, 0.3) is 0 Å². The van der Waals surface area contributed by atoms with Gasteiger partial charge in [-0.2, -0.15) is 0 Å². The summed E-state index contributed by atoms with van der Waals surface area (Å²) < 4.78 is 24.7. The quantitative estimate of drug-likeness (QED) is 0.829. The predicted octanol–water partition coefficient (Wildman–Crippen LogP) is 0.772. The second-order valence-electron chi connectivity index (χ2n) is 4.98. The molecule has 1 unspecified atom stereocenters. The fourth-order valence-corrected chi connectivity index (χ4v) is 2.61. The minimum Gasteiger partial charge on any atom is -0.310 e. The molecule has 1 aromatic rings. The second kappa shape index (κ2) is 5.36. The Morgan fingerprint density at radius 3 is 2.56 bits per heavy atom. The van der Waals surface area contributed by atoms with Gasteiger partial charge in [-0.15, -0.1) is 5.10 Å². The third-order valence-electron chi connectivity index (χ3n) is 3.32. The Bertz CT molecular complexity index is 493. The lowest BCUT2D eigenvalue weighted by Crippen LogP contribution is -2.44. The Balaban J connectivity index is 3.22. The van der Waals surface area contributed by atoms with E-state index in [9.17, 15) is 8.42 Å². The van der Waals surface area contributed by atoms with Gasteiger partial charge in [0, 0.05) is 12.8 Å². The van der Waals surface area contributed by atoms with E-state index in [-0.39, 0.29) is 6.04 Å². The van der Waals surface area contributed by atoms with Gasteiger partial charge in [-0.05, 0) is 27.3 Å². The molecule has 0 spiro atoms. The zero-order chi connectivity index (χ0) is 14.0. The first-order chi connectivity index (χ1) is 8.25. The van der Waals surface area contributed by atoms with Gasteiger partial charge < -0.3 is 5.32 Å². The van der Waals surface area contributed by atoms with Crippen molar-refractivity contribution < 1.29 is 8.42 Å². The van der Waals surface area contributed by atoms with Crippen LogP contribution >= 0.6 is 0 Å². The SMILES string of the molecule is CCCn1nncc1C(NC)C(C)(C)S(C)(=O)=O. The zero-order valence-electron chi connectivity index (χ0n) is 11.6. The molecule has 0 fully saturated rings. The topological polar surface area (TPSA) is 76.9 Å². The average Bonchev–Trinajstić information content (AvgIpc) is 2.66. The summed E-state index contributed by atoms with van der Waals surface area (Å²) in [6.07, 6.45) is 3.81. The van der Waals surface area contributed by atoms with Gasteiger partial charge in [0.25, 0.3) is 0 Å². The van der Waals surface area contributed by atoms with Crippen molar-refractivity contribution in [1.29, 1.82) is 0 Å². The number of hydrogen-bond donors (Lipinski definition) is 1. The second-order valence-corrected chi connectivity index (χ2v) is 7.58. The third-order valence-corrected chi connectivity index (χ3v) is 5.47. The highest BCUT2D eigenvalue weighted by Gasteiger charge is 2.40. The number of sulfone groups is 1. The first-order valence-corrected chi connectivity index (χ1v) is 7.90. The van der Waals surface area contributed by atoms with Crippen molar-refractivity contribution in [3.8, 4) is 0 Å². The number of aryl methyl sites for hydroxylation is 1. The molecule has 104 valence electrons. The molecule has 1 rings (SSSR count). The van der Waals surface area contributed by atoms with Gasteiger partial charge in [-0.3, -0.25) is 0 Å². The van der Waals surface area contributed by atoms with Crippen LogP contribution in [-0.4, -0.2) is 41.5 Å². The van der Waals surface area contributed by atoms with Crippen molar-refractivity contribution in [2.75, 3.05) is 13.3 Å². The Labute approximate surface area is 109 Å². The van der Waals surface area contributed by atoms with Crippen LogP contribution in [0.5, 0.6) is 0 Å². The van der Waals surface area contributed by atoms with Crippen molar-refractivity contribution in [1.82, 2.24) is 20.3 Å². The molecule has 0 radical (unpaired) electrons. The molecule has 0 bridgehead atoms. The van der Waals surface area contributed by atoms with Crippen molar-refractivity contribution in [3.63, 3.8) is 0 Å². The molecule has 0 saturated carbocycles. The van der Waals surface area contributed by atoms with Crippen LogP contribution < -0.4 is 5.32 Å². The Morgan fingerprint density at radius 2 is 2.11 bits per heavy atom. The standard InChI is InChI=1S/C11H22N4O2S/c1-6-7-15-9(8-13-14-15)10(12-4)11(2,3)18(5,16)17/h8,10,12H,6-7H2,1-5H3. The summed E-state index contributed by atoms with van der Waals surface area (Å²) >= 11 is 0. The van der Waals surface area contributed by atoms with E-state index in [0.717, 1.165) is 18.7 Å². The number of rotatable bonds is 6. The van der Waals surface area contributed by atoms with Crippen LogP contribution in [0.1, 0.15) is 38.9 Å². The van der Waals surface area contributed by atoms with Gasteiger partial charge in [0.2, 0.25) is 0 Å². The first-order valence-electron chi connectivity index (χ1n) is 6.01. The highest BCUT2D eigenvalue weighted by Crippen LogP contribution is 2.31. The van der Waals surface area contributed by atoms with Gasteiger partial charge in [0.1, 0.15) is 0 Å². The maximum absolute atomic E-state index is 11.9. The summed E-state index contributed by atoms with van der Waals surface area (Å²) in [5.41, 5.74) is 0.801. The van der Waals surface area contributed by atoms with Gasteiger partial charge in [-0.25, -0.2) is 13.1 Å². The molecule has 0 saturated heterocycles. The van der Waals surface area contributed by atoms with E-state index in [4.69, 9.17) is 0 Å². The maximum Gasteiger partial charge on any atom is 0.154 e. The minimum absolute atomic E-state index is 0.339. The summed E-state index contributed by atoms with van der Waals surface area (Å²) in [5, 5.41) is 11.0. The van der Waals surface area contributed by atoms with Gasteiger partial charge >= 0.3 is 0 Å². The largest absolute Gasteiger partial charge is 0.310 e. The van der Waals surface area contributed by atoms with E-state index in [2.05, 4.69) is 15.6 Å². The summed E-state index contributed by atoms with van der Waals surface area (Å²) in [5.74, 6) is 0. The van der Waals surface area contributed by atoms with Gasteiger partial charge in [0.05, 0.1) is 22.7 Å². The number of aromatic nitrogens is 3. The van der Waals surface area contributed by atoms with Crippen LogP contribution in [-0.2, 0) is 16.4 Å². The Morgan fingerprint density at radius 1 is 1.50 bits per heavy atom. The van der Waals surface area contributed by atoms with E-state index >= 15 is 0 Å². The molecule has 1 atom stereocenters. The minimum atomic E-state index is -3.20. The molecule has 1 N–H and O–H groups in total. The van der Waals surface area contributed by atoms with Crippen molar-refractivity contribution >= 4 is 9.84 Å². The van der Waals surface area contributed by atoms with Crippen LogP contribution in [0.15, 0.2) is 6.20 Å². The highest BCUT2D eigenvalue weighted by molar-refractivity contribution is 7.92. The molecular formula is C11H22N4O2S. The van der Waals surface area contributed by atoms with Gasteiger partial charge in [-0.1, -0.05) is 12.1 Å². The summed E-state index contributed by atoms with van der Waals surface area (Å²) in [4.78, 5) is 0. The molecule has 6 nitrogen and oxygen atoms in total. The molecule has 0 aliphatic heterocycles. The van der Waals surface area contributed by atoms with E-state index in [1.165, 1.54) is 6.26 Å².